The average molecular weight is 589 g/mol. The van der Waals surface area contributed by atoms with Crippen molar-refractivity contribution < 1.29 is 29.6 Å². The summed E-state index contributed by atoms with van der Waals surface area (Å²) in [4.78, 5) is 25.3. The Kier molecular flexibility index (Phi) is 7.70. The van der Waals surface area contributed by atoms with Gasteiger partial charge in [-0.25, -0.2) is 14.8 Å². The first-order chi connectivity index (χ1) is 20.3. The molecule has 6 rings (SSSR count). The highest BCUT2D eigenvalue weighted by molar-refractivity contribution is 6.28. The Balaban J connectivity index is 1.25. The highest BCUT2D eigenvalue weighted by atomic mass is 35.5. The van der Waals surface area contributed by atoms with Crippen molar-refractivity contribution in [1.29, 1.82) is 0 Å². The number of hydrogen-bond acceptors (Lipinski definition) is 8. The second kappa shape index (κ2) is 11.4. The number of imidazole rings is 1. The van der Waals surface area contributed by atoms with Crippen LogP contribution in [0.15, 0.2) is 60.9 Å². The molecular weight excluding hydrogens is 560 g/mol. The van der Waals surface area contributed by atoms with Crippen LogP contribution in [0.4, 0.5) is 0 Å². The van der Waals surface area contributed by atoms with Crippen molar-refractivity contribution in [3.63, 3.8) is 0 Å². The smallest absolute Gasteiger partial charge is 0.333 e. The lowest BCUT2D eigenvalue weighted by Crippen LogP contribution is -2.48. The zero-order valence-corrected chi connectivity index (χ0v) is 23.3. The molecule has 1 unspecified atom stereocenters. The SMILES string of the molecule is C#C[C@@]1(O)[C@@H](COC(Cc2ccccc2)C(=O)O)O[C@@H](n2cnc3c(C[C@@H]4CCc5ccccc54)nc(Cl)nc32)[C@@H]1O. The lowest BCUT2D eigenvalue weighted by atomic mass is 9.93. The van der Waals surface area contributed by atoms with Crippen LogP contribution >= 0.6 is 11.6 Å². The van der Waals surface area contributed by atoms with Gasteiger partial charge in [-0.05, 0) is 53.5 Å². The van der Waals surface area contributed by atoms with Gasteiger partial charge in [0.2, 0.25) is 5.28 Å². The van der Waals surface area contributed by atoms with E-state index in [0.29, 0.717) is 23.3 Å². The lowest BCUT2D eigenvalue weighted by Gasteiger charge is -2.26. The van der Waals surface area contributed by atoms with Gasteiger partial charge in [0.05, 0.1) is 18.6 Å². The molecule has 2 aromatic carbocycles. The monoisotopic (exact) mass is 588 g/mol. The Morgan fingerprint density at radius 1 is 1.21 bits per heavy atom. The fourth-order valence-corrected chi connectivity index (χ4v) is 6.11. The van der Waals surface area contributed by atoms with Gasteiger partial charge in [0.25, 0.3) is 0 Å². The van der Waals surface area contributed by atoms with E-state index in [1.165, 1.54) is 22.0 Å². The van der Waals surface area contributed by atoms with Gasteiger partial charge in [-0.1, -0.05) is 60.5 Å². The second-order valence-corrected chi connectivity index (χ2v) is 11.0. The van der Waals surface area contributed by atoms with Crippen LogP contribution < -0.4 is 0 Å². The average Bonchev–Trinajstić information content (AvgIpc) is 3.66. The van der Waals surface area contributed by atoms with E-state index < -0.39 is 36.1 Å². The van der Waals surface area contributed by atoms with E-state index in [1.807, 2.05) is 18.2 Å². The minimum absolute atomic E-state index is 0.00956. The molecule has 0 saturated carbocycles. The number of carboxylic acid groups (broad SMARTS) is 1. The van der Waals surface area contributed by atoms with E-state index in [9.17, 15) is 20.1 Å². The molecule has 1 aliphatic carbocycles. The molecule has 6 atom stereocenters. The topological polar surface area (TPSA) is 140 Å². The molecule has 1 saturated heterocycles. The summed E-state index contributed by atoms with van der Waals surface area (Å²) in [6.07, 6.45) is 4.48. The maximum Gasteiger partial charge on any atom is 0.333 e. The van der Waals surface area contributed by atoms with Crippen LogP contribution in [0.3, 0.4) is 0 Å². The highest BCUT2D eigenvalue weighted by Crippen LogP contribution is 2.40. The van der Waals surface area contributed by atoms with Crippen molar-refractivity contribution >= 4 is 28.7 Å². The molecule has 0 bridgehead atoms. The summed E-state index contributed by atoms with van der Waals surface area (Å²) in [6.45, 7) is -0.382. The van der Waals surface area contributed by atoms with E-state index in [-0.39, 0.29) is 24.2 Å². The van der Waals surface area contributed by atoms with Gasteiger partial charge in [0.15, 0.2) is 23.6 Å². The third-order valence-corrected chi connectivity index (χ3v) is 8.34. The van der Waals surface area contributed by atoms with Crippen molar-refractivity contribution in [2.24, 2.45) is 0 Å². The van der Waals surface area contributed by atoms with E-state index in [4.69, 9.17) is 27.5 Å². The molecule has 2 aromatic heterocycles. The van der Waals surface area contributed by atoms with Gasteiger partial charge in [-0.3, -0.25) is 4.57 Å². The number of carbonyl (C=O) groups is 1. The number of nitrogens with zero attached hydrogens (tertiary/aromatic N) is 4. The Bertz CT molecular complexity index is 1660. The van der Waals surface area contributed by atoms with E-state index >= 15 is 0 Å². The zero-order valence-electron chi connectivity index (χ0n) is 22.5. The van der Waals surface area contributed by atoms with Crippen LogP contribution in [-0.2, 0) is 33.5 Å². The minimum atomic E-state index is -2.18. The molecule has 0 radical (unpaired) electrons. The van der Waals surface area contributed by atoms with Crippen molar-refractivity contribution in [2.75, 3.05) is 6.61 Å². The number of aliphatic carboxylic acids is 1. The minimum Gasteiger partial charge on any atom is -0.479 e. The van der Waals surface area contributed by atoms with E-state index in [2.05, 4.69) is 33.0 Å². The van der Waals surface area contributed by atoms with E-state index in [0.717, 1.165) is 18.4 Å². The van der Waals surface area contributed by atoms with Gasteiger partial charge >= 0.3 is 5.97 Å². The fraction of sp³-hybridized carbons (Fsp3) is 0.355. The van der Waals surface area contributed by atoms with Crippen LogP contribution in [0, 0.1) is 12.3 Å². The predicted molar refractivity (Wildman–Crippen MR) is 153 cm³/mol. The molecule has 0 spiro atoms. The van der Waals surface area contributed by atoms with Gasteiger partial charge < -0.3 is 24.8 Å². The van der Waals surface area contributed by atoms with Crippen molar-refractivity contribution in [2.45, 2.75) is 61.7 Å². The highest BCUT2D eigenvalue weighted by Gasteiger charge is 2.56. The molecule has 3 N–H and O–H groups in total. The number of aliphatic hydroxyl groups excluding tert-OH is 1. The third-order valence-electron chi connectivity index (χ3n) is 8.17. The lowest BCUT2D eigenvalue weighted by molar-refractivity contribution is -0.156. The second-order valence-electron chi connectivity index (χ2n) is 10.7. The number of terminal acetylenes is 1. The first-order valence-electron chi connectivity index (χ1n) is 13.7. The third kappa shape index (κ3) is 5.15. The van der Waals surface area contributed by atoms with Crippen molar-refractivity contribution in [3.8, 4) is 12.3 Å². The molecule has 3 heterocycles. The molecule has 10 nitrogen and oxygen atoms in total. The molecule has 0 amide bonds. The Labute approximate surface area is 246 Å². The molecule has 42 heavy (non-hydrogen) atoms. The maximum absolute atomic E-state index is 11.9. The Morgan fingerprint density at radius 2 is 1.98 bits per heavy atom. The number of ether oxygens (including phenoxy) is 2. The number of aryl methyl sites for hydroxylation is 1. The van der Waals surface area contributed by atoms with Gasteiger partial charge in [0, 0.05) is 6.42 Å². The number of halogens is 1. The Morgan fingerprint density at radius 3 is 2.74 bits per heavy atom. The van der Waals surface area contributed by atoms with E-state index in [1.54, 1.807) is 24.3 Å². The van der Waals surface area contributed by atoms with Crippen LogP contribution in [0.1, 0.15) is 41.0 Å². The largest absolute Gasteiger partial charge is 0.479 e. The molecule has 2 aliphatic rings. The summed E-state index contributed by atoms with van der Waals surface area (Å²) in [5.41, 5.74) is 2.66. The molecular formula is C31H29ClN4O6. The van der Waals surface area contributed by atoms with Crippen molar-refractivity contribution in [3.05, 3.63) is 88.6 Å². The summed E-state index contributed by atoms with van der Waals surface area (Å²) < 4.78 is 13.2. The number of fused-ring (bicyclic) bond motifs is 2. The molecule has 4 aromatic rings. The van der Waals surface area contributed by atoms with Gasteiger partial charge in [-0.15, -0.1) is 6.42 Å². The first kappa shape index (κ1) is 28.3. The van der Waals surface area contributed by atoms with Gasteiger partial charge in [-0.2, -0.15) is 4.98 Å². The molecule has 1 aliphatic heterocycles. The van der Waals surface area contributed by atoms with Gasteiger partial charge in [0.1, 0.15) is 17.7 Å². The number of aliphatic hydroxyl groups is 2. The van der Waals surface area contributed by atoms with Crippen molar-refractivity contribution in [1.82, 2.24) is 19.5 Å². The summed E-state index contributed by atoms with van der Waals surface area (Å²) in [6, 6.07) is 17.3. The predicted octanol–water partition coefficient (Wildman–Crippen LogP) is 3.09. The number of benzene rings is 2. The molecule has 1 fully saturated rings. The summed E-state index contributed by atoms with van der Waals surface area (Å²) >= 11 is 6.35. The summed E-state index contributed by atoms with van der Waals surface area (Å²) in [7, 11) is 0. The van der Waals surface area contributed by atoms with Crippen LogP contribution in [0.25, 0.3) is 11.2 Å². The van der Waals surface area contributed by atoms with Crippen LogP contribution in [0.2, 0.25) is 5.28 Å². The Hall–Kier alpha value is -3.85. The van der Waals surface area contributed by atoms with Crippen LogP contribution in [-0.4, -0.2) is 71.3 Å². The molecule has 216 valence electrons. The number of aromatic nitrogens is 4. The summed E-state index contributed by atoms with van der Waals surface area (Å²) in [5, 5.41) is 32.2. The maximum atomic E-state index is 11.9. The molecule has 11 heteroatoms. The first-order valence-corrected chi connectivity index (χ1v) is 14.0. The van der Waals surface area contributed by atoms with Crippen LogP contribution in [0.5, 0.6) is 0 Å². The summed E-state index contributed by atoms with van der Waals surface area (Å²) in [5.74, 6) is 1.30. The number of rotatable bonds is 9. The normalized spacial score (nSPS) is 25.8. The fourth-order valence-electron chi connectivity index (χ4n) is 5.93. The number of carboxylic acids is 1. The quantitative estimate of drug-likeness (QED) is 0.199. The zero-order chi connectivity index (χ0) is 29.4. The standard InChI is InChI=1S/C31H29ClN4O6/c1-2-31(40)24(16-41-23(29(38)39)14-18-8-4-3-5-9-18)42-28(26(31)37)36-17-33-25-22(34-30(32)35-27(25)36)15-20-13-12-19-10-6-7-11-21(19)20/h1,3-11,17,20,23-24,26,28,37,40H,12-16H2,(H,38,39)/t20-,23?,24+,26-,28+,31+/m0/s1. The number of hydrogen-bond donors (Lipinski definition) is 3.